The standard InChI is InChI=1S/C19H33N5O3/c1-18(2,3)27-17(26)22-19(4)8-13-23(14-9-19)10-5-6-11-24-12-7-15(20)21-16(24)25/h7,12H,5-6,8-11,13-14H2,1-4H3,(H,22,26)(H2,20,21,25). The molecule has 0 saturated carbocycles. The van der Waals surface area contributed by atoms with Gasteiger partial charge >= 0.3 is 11.8 Å². The average Bonchev–Trinajstić information content (AvgIpc) is 2.53. The molecule has 1 amide bonds. The first kappa shape index (κ1) is 21.2. The topological polar surface area (TPSA) is 102 Å². The second-order valence-corrected chi connectivity index (χ2v) is 8.56. The molecule has 1 aliphatic heterocycles. The van der Waals surface area contributed by atoms with Crippen molar-refractivity contribution in [3.63, 3.8) is 0 Å². The van der Waals surface area contributed by atoms with Crippen LogP contribution in [0.2, 0.25) is 0 Å². The second kappa shape index (κ2) is 8.73. The Morgan fingerprint density at radius 3 is 2.52 bits per heavy atom. The van der Waals surface area contributed by atoms with Crippen LogP contribution in [0.15, 0.2) is 17.1 Å². The van der Waals surface area contributed by atoms with Crippen LogP contribution in [0.4, 0.5) is 10.6 Å². The number of nitrogens with two attached hydrogens (primary N) is 1. The Morgan fingerprint density at radius 1 is 1.30 bits per heavy atom. The van der Waals surface area contributed by atoms with E-state index in [2.05, 4.69) is 22.1 Å². The average molecular weight is 380 g/mol. The van der Waals surface area contributed by atoms with Gasteiger partial charge < -0.3 is 20.7 Å². The number of nitrogens with one attached hydrogen (secondary N) is 1. The lowest BCUT2D eigenvalue weighted by molar-refractivity contribution is 0.0404. The van der Waals surface area contributed by atoms with E-state index in [-0.39, 0.29) is 23.1 Å². The van der Waals surface area contributed by atoms with Crippen molar-refractivity contribution >= 4 is 11.9 Å². The van der Waals surface area contributed by atoms with Crippen molar-refractivity contribution in [3.05, 3.63) is 22.7 Å². The highest BCUT2D eigenvalue weighted by molar-refractivity contribution is 5.68. The highest BCUT2D eigenvalue weighted by Crippen LogP contribution is 2.22. The molecule has 1 aromatic heterocycles. The number of aromatic nitrogens is 2. The number of unbranched alkanes of at least 4 members (excludes halogenated alkanes) is 1. The summed E-state index contributed by atoms with van der Waals surface area (Å²) in [5, 5.41) is 3.03. The van der Waals surface area contributed by atoms with Gasteiger partial charge in [-0.1, -0.05) is 0 Å². The highest BCUT2D eigenvalue weighted by atomic mass is 16.6. The maximum Gasteiger partial charge on any atom is 0.408 e. The smallest absolute Gasteiger partial charge is 0.408 e. The Morgan fingerprint density at radius 2 is 1.93 bits per heavy atom. The highest BCUT2D eigenvalue weighted by Gasteiger charge is 2.32. The molecule has 8 heteroatoms. The van der Waals surface area contributed by atoms with E-state index in [0.717, 1.165) is 45.3 Å². The summed E-state index contributed by atoms with van der Waals surface area (Å²) in [4.78, 5) is 29.9. The van der Waals surface area contributed by atoms with Gasteiger partial charge in [-0.2, -0.15) is 4.98 Å². The van der Waals surface area contributed by atoms with Gasteiger partial charge in [-0.15, -0.1) is 0 Å². The molecule has 0 bridgehead atoms. The van der Waals surface area contributed by atoms with Crippen molar-refractivity contribution in [1.29, 1.82) is 0 Å². The van der Waals surface area contributed by atoms with Crippen LogP contribution in [-0.4, -0.2) is 51.3 Å². The number of carbonyl (C=O) groups is 1. The molecule has 0 unspecified atom stereocenters. The van der Waals surface area contributed by atoms with Gasteiger partial charge in [0.05, 0.1) is 0 Å². The largest absolute Gasteiger partial charge is 0.444 e. The molecule has 1 saturated heterocycles. The minimum atomic E-state index is -0.483. The summed E-state index contributed by atoms with van der Waals surface area (Å²) in [5.74, 6) is 0.257. The summed E-state index contributed by atoms with van der Waals surface area (Å²) < 4.78 is 6.96. The number of piperidine rings is 1. The number of anilines is 1. The Balaban J connectivity index is 1.68. The molecule has 0 aliphatic carbocycles. The lowest BCUT2D eigenvalue weighted by Gasteiger charge is -2.40. The number of hydrogen-bond donors (Lipinski definition) is 2. The predicted molar refractivity (Wildman–Crippen MR) is 106 cm³/mol. The Labute approximate surface area is 161 Å². The third kappa shape index (κ3) is 7.21. The number of aryl methyl sites for hydroxylation is 1. The molecule has 152 valence electrons. The van der Waals surface area contributed by atoms with Crippen molar-refractivity contribution in [2.75, 3.05) is 25.4 Å². The van der Waals surface area contributed by atoms with Gasteiger partial charge in [0.15, 0.2) is 0 Å². The summed E-state index contributed by atoms with van der Waals surface area (Å²) >= 11 is 0. The lowest BCUT2D eigenvalue weighted by Crippen LogP contribution is -2.54. The Bertz CT molecular complexity index is 687. The predicted octanol–water partition coefficient (Wildman–Crippen LogP) is 1.98. The molecule has 1 aromatic rings. The van der Waals surface area contributed by atoms with Crippen LogP contribution in [0.5, 0.6) is 0 Å². The third-order valence-electron chi connectivity index (χ3n) is 4.78. The van der Waals surface area contributed by atoms with Gasteiger partial charge in [-0.05, 0) is 66.0 Å². The third-order valence-corrected chi connectivity index (χ3v) is 4.78. The number of ether oxygens (including phenoxy) is 1. The van der Waals surface area contributed by atoms with E-state index in [1.54, 1.807) is 16.8 Å². The lowest BCUT2D eigenvalue weighted by atomic mass is 9.89. The molecule has 0 radical (unpaired) electrons. The number of hydrogen-bond acceptors (Lipinski definition) is 6. The van der Waals surface area contributed by atoms with Crippen molar-refractivity contribution in [1.82, 2.24) is 19.8 Å². The molecule has 27 heavy (non-hydrogen) atoms. The van der Waals surface area contributed by atoms with Crippen LogP contribution in [0.1, 0.15) is 53.4 Å². The zero-order chi connectivity index (χ0) is 20.1. The first-order valence-corrected chi connectivity index (χ1v) is 9.63. The summed E-state index contributed by atoms with van der Waals surface area (Å²) in [5.41, 5.74) is 4.50. The van der Waals surface area contributed by atoms with Gasteiger partial charge in [-0.3, -0.25) is 4.57 Å². The zero-order valence-electron chi connectivity index (χ0n) is 17.0. The van der Waals surface area contributed by atoms with Crippen LogP contribution >= 0.6 is 0 Å². The molecule has 2 rings (SSSR count). The number of nitrogens with zero attached hydrogens (tertiary/aromatic N) is 3. The molecule has 2 heterocycles. The van der Waals surface area contributed by atoms with Crippen LogP contribution < -0.4 is 16.7 Å². The normalized spacial score (nSPS) is 17.5. The second-order valence-electron chi connectivity index (χ2n) is 8.56. The van der Waals surface area contributed by atoms with E-state index in [1.807, 2.05) is 20.8 Å². The SMILES string of the molecule is CC1(NC(=O)OC(C)(C)C)CCN(CCCCn2ccc(N)nc2=O)CC1. The minimum Gasteiger partial charge on any atom is -0.444 e. The zero-order valence-corrected chi connectivity index (χ0v) is 17.0. The van der Waals surface area contributed by atoms with E-state index < -0.39 is 5.60 Å². The van der Waals surface area contributed by atoms with Crippen molar-refractivity contribution in [3.8, 4) is 0 Å². The maximum absolute atomic E-state index is 12.0. The number of rotatable bonds is 6. The van der Waals surface area contributed by atoms with Gasteiger partial charge in [0.25, 0.3) is 0 Å². The molecule has 0 atom stereocenters. The summed E-state index contributed by atoms with van der Waals surface area (Å²) in [6, 6.07) is 1.64. The van der Waals surface area contributed by atoms with Crippen LogP contribution in [0, 0.1) is 0 Å². The van der Waals surface area contributed by atoms with Gasteiger partial charge in [0.2, 0.25) is 0 Å². The van der Waals surface area contributed by atoms with E-state index in [1.165, 1.54) is 0 Å². The van der Waals surface area contributed by atoms with Crippen LogP contribution in [0.25, 0.3) is 0 Å². The number of alkyl carbamates (subject to hydrolysis) is 1. The fourth-order valence-electron chi connectivity index (χ4n) is 3.17. The Hall–Kier alpha value is -2.09. The van der Waals surface area contributed by atoms with Crippen molar-refractivity contribution in [2.45, 2.75) is 71.1 Å². The van der Waals surface area contributed by atoms with Gasteiger partial charge in [0.1, 0.15) is 11.4 Å². The summed E-state index contributed by atoms with van der Waals surface area (Å²) in [6.45, 7) is 11.2. The van der Waals surface area contributed by atoms with Crippen molar-refractivity contribution < 1.29 is 9.53 Å². The van der Waals surface area contributed by atoms with Crippen molar-refractivity contribution in [2.24, 2.45) is 0 Å². The molecule has 3 N–H and O–H groups in total. The molecule has 0 spiro atoms. The number of nitrogen functional groups attached to an aromatic ring is 1. The molecule has 1 fully saturated rings. The first-order valence-electron chi connectivity index (χ1n) is 9.63. The molecule has 1 aliphatic rings. The van der Waals surface area contributed by atoms with E-state index in [4.69, 9.17) is 10.5 Å². The van der Waals surface area contributed by atoms with E-state index in [9.17, 15) is 9.59 Å². The number of likely N-dealkylation sites (tertiary alicyclic amines) is 1. The number of amides is 1. The molecular formula is C19H33N5O3. The quantitative estimate of drug-likeness (QED) is 0.733. The fraction of sp³-hybridized carbons (Fsp3) is 0.737. The van der Waals surface area contributed by atoms with E-state index in [0.29, 0.717) is 6.54 Å². The van der Waals surface area contributed by atoms with Gasteiger partial charge in [0, 0.05) is 31.4 Å². The molecule has 8 nitrogen and oxygen atoms in total. The van der Waals surface area contributed by atoms with E-state index >= 15 is 0 Å². The minimum absolute atomic E-state index is 0.220. The number of carbonyl (C=O) groups excluding carboxylic acids is 1. The summed E-state index contributed by atoms with van der Waals surface area (Å²) in [6.07, 6.45) is 5.06. The van der Waals surface area contributed by atoms with Crippen LogP contribution in [-0.2, 0) is 11.3 Å². The molecule has 0 aromatic carbocycles. The molecular weight excluding hydrogens is 346 g/mol. The van der Waals surface area contributed by atoms with Gasteiger partial charge in [-0.25, -0.2) is 9.59 Å². The Kier molecular flexibility index (Phi) is 6.86. The fourth-order valence-corrected chi connectivity index (χ4v) is 3.17. The first-order chi connectivity index (χ1) is 12.6. The van der Waals surface area contributed by atoms with Crippen LogP contribution in [0.3, 0.4) is 0 Å². The summed E-state index contributed by atoms with van der Waals surface area (Å²) in [7, 11) is 0. The maximum atomic E-state index is 12.0. The monoisotopic (exact) mass is 379 g/mol.